The van der Waals surface area contributed by atoms with Gasteiger partial charge in [0.2, 0.25) is 0 Å². The number of hydrogen-bond donors (Lipinski definition) is 0. The van der Waals surface area contributed by atoms with Crippen molar-refractivity contribution in [1.82, 2.24) is 14.1 Å². The summed E-state index contributed by atoms with van der Waals surface area (Å²) in [5, 5.41) is 7.03. The van der Waals surface area contributed by atoms with Gasteiger partial charge in [0.05, 0.1) is 39.1 Å². The van der Waals surface area contributed by atoms with Gasteiger partial charge in [0.1, 0.15) is 5.58 Å². The van der Waals surface area contributed by atoms with Gasteiger partial charge < -0.3 is 13.6 Å². The third-order valence-corrected chi connectivity index (χ3v) is 11.5. The second-order valence-corrected chi connectivity index (χ2v) is 14.7. The first-order valence-corrected chi connectivity index (χ1v) is 19.4. The molecule has 0 amide bonds. The third-order valence-electron chi connectivity index (χ3n) is 11.5. The summed E-state index contributed by atoms with van der Waals surface area (Å²) in [7, 11) is 0. The number of aromatic nitrogens is 3. The number of fused-ring (bicyclic) bond motifs is 10. The average Bonchev–Trinajstić information content (AvgIpc) is 3.95. The van der Waals surface area contributed by atoms with Gasteiger partial charge in [0.25, 0.3) is 0 Å². The molecule has 0 aliphatic rings. The molecule has 266 valence electrons. The molecule has 0 fully saturated rings. The van der Waals surface area contributed by atoms with E-state index in [0.29, 0.717) is 0 Å². The van der Waals surface area contributed by atoms with E-state index in [1.54, 1.807) is 0 Å². The molecule has 0 bridgehead atoms. The van der Waals surface area contributed by atoms with Crippen molar-refractivity contribution >= 4 is 65.6 Å². The molecule has 12 aromatic rings. The Bertz CT molecular complexity index is 3460. The second kappa shape index (κ2) is 12.4. The Kier molecular flexibility index (Phi) is 6.89. The Morgan fingerprint density at radius 1 is 0.351 bits per heavy atom. The molecule has 4 heteroatoms. The molecule has 0 spiro atoms. The number of para-hydroxylation sites is 4. The van der Waals surface area contributed by atoms with E-state index in [0.717, 1.165) is 89.0 Å². The molecule has 0 radical (unpaired) electrons. The normalized spacial score (nSPS) is 11.9. The van der Waals surface area contributed by atoms with Gasteiger partial charge in [-0.2, -0.15) is 0 Å². The summed E-state index contributed by atoms with van der Waals surface area (Å²) in [6, 6.07) is 71.3. The van der Waals surface area contributed by atoms with Crippen LogP contribution in [-0.4, -0.2) is 14.1 Å². The Morgan fingerprint density at radius 3 is 1.56 bits per heavy atom. The monoisotopic (exact) mass is 727 g/mol. The topological polar surface area (TPSA) is 35.9 Å². The van der Waals surface area contributed by atoms with E-state index in [1.807, 2.05) is 18.2 Å². The smallest absolute Gasteiger partial charge is 0.159 e. The molecule has 0 N–H and O–H groups in total. The van der Waals surface area contributed by atoms with Crippen LogP contribution in [0, 0.1) is 0 Å². The quantitative estimate of drug-likeness (QED) is 0.177. The SMILES string of the molecule is c1ccc(-c2cc(-c3cccc(-n4c5ccccc5c5ccc6c7ccccc7n(-c7cccc8c7oc7ccccc78)c6c54)c3)cc(-c3ccccc3)n2)cc1. The average molecular weight is 728 g/mol. The van der Waals surface area contributed by atoms with Crippen LogP contribution < -0.4 is 0 Å². The minimum absolute atomic E-state index is 0.879. The van der Waals surface area contributed by atoms with Crippen molar-refractivity contribution in [3.05, 3.63) is 200 Å². The fourth-order valence-electron chi connectivity index (χ4n) is 8.96. The van der Waals surface area contributed by atoms with Crippen LogP contribution in [0.5, 0.6) is 0 Å². The van der Waals surface area contributed by atoms with Gasteiger partial charge >= 0.3 is 0 Å². The van der Waals surface area contributed by atoms with Crippen molar-refractivity contribution < 1.29 is 4.42 Å². The molecule has 4 heterocycles. The van der Waals surface area contributed by atoms with Gasteiger partial charge in [-0.05, 0) is 59.7 Å². The Labute approximate surface area is 328 Å². The summed E-state index contributed by atoms with van der Waals surface area (Å²) < 4.78 is 11.6. The summed E-state index contributed by atoms with van der Waals surface area (Å²) >= 11 is 0. The van der Waals surface area contributed by atoms with E-state index in [9.17, 15) is 0 Å². The minimum Gasteiger partial charge on any atom is -0.454 e. The molecule has 4 aromatic heterocycles. The lowest BCUT2D eigenvalue weighted by Gasteiger charge is -2.14. The fourth-order valence-corrected chi connectivity index (χ4v) is 8.96. The first kappa shape index (κ1) is 31.6. The van der Waals surface area contributed by atoms with Gasteiger partial charge in [-0.3, -0.25) is 0 Å². The summed E-state index contributed by atoms with van der Waals surface area (Å²) in [5.41, 5.74) is 14.8. The number of rotatable bonds is 5. The summed E-state index contributed by atoms with van der Waals surface area (Å²) in [6.07, 6.45) is 0. The van der Waals surface area contributed by atoms with Crippen LogP contribution in [0.3, 0.4) is 0 Å². The highest BCUT2D eigenvalue weighted by Crippen LogP contribution is 2.44. The zero-order valence-electron chi connectivity index (χ0n) is 30.8. The number of hydrogen-bond acceptors (Lipinski definition) is 2. The summed E-state index contributed by atoms with van der Waals surface area (Å²) in [5.74, 6) is 0. The van der Waals surface area contributed by atoms with E-state index >= 15 is 0 Å². The second-order valence-electron chi connectivity index (χ2n) is 14.7. The predicted molar refractivity (Wildman–Crippen MR) is 237 cm³/mol. The Hall–Kier alpha value is -7.69. The van der Waals surface area contributed by atoms with E-state index < -0.39 is 0 Å². The standard InChI is InChI=1S/C53H33N3O/c1-3-15-34(16-4-1)45-32-37(33-46(54-45)35-17-5-2-6-18-35)36-19-13-20-38(31-36)55-47-25-10-7-21-39(47)42-29-30-43-40-22-8-11-26-48(40)56(52(43)51(42)55)49-27-14-24-44-41-23-9-12-28-50(41)57-53(44)49/h1-33H. The Balaban J connectivity index is 1.16. The minimum atomic E-state index is 0.879. The first-order valence-electron chi connectivity index (χ1n) is 19.4. The van der Waals surface area contributed by atoms with E-state index in [2.05, 4.69) is 191 Å². The summed E-state index contributed by atoms with van der Waals surface area (Å²) in [6.45, 7) is 0. The number of furan rings is 1. The molecule has 0 saturated carbocycles. The molecule has 4 nitrogen and oxygen atoms in total. The molecular formula is C53H33N3O. The largest absolute Gasteiger partial charge is 0.454 e. The van der Waals surface area contributed by atoms with Crippen molar-refractivity contribution in [2.24, 2.45) is 0 Å². The predicted octanol–water partition coefficient (Wildman–Crippen LogP) is 14.2. The van der Waals surface area contributed by atoms with E-state index in [4.69, 9.17) is 9.40 Å². The number of benzene rings is 8. The summed E-state index contributed by atoms with van der Waals surface area (Å²) in [4.78, 5) is 5.17. The van der Waals surface area contributed by atoms with Crippen LogP contribution >= 0.6 is 0 Å². The molecule has 57 heavy (non-hydrogen) atoms. The lowest BCUT2D eigenvalue weighted by Crippen LogP contribution is -1.99. The highest BCUT2D eigenvalue weighted by Gasteiger charge is 2.23. The highest BCUT2D eigenvalue weighted by atomic mass is 16.3. The van der Waals surface area contributed by atoms with Gasteiger partial charge in [0.15, 0.2) is 5.58 Å². The van der Waals surface area contributed by atoms with E-state index in [-0.39, 0.29) is 0 Å². The molecule has 0 unspecified atom stereocenters. The number of pyridine rings is 1. The lowest BCUT2D eigenvalue weighted by atomic mass is 9.99. The Morgan fingerprint density at radius 2 is 0.877 bits per heavy atom. The first-order chi connectivity index (χ1) is 28.3. The lowest BCUT2D eigenvalue weighted by molar-refractivity contribution is 0.666. The molecule has 0 atom stereocenters. The van der Waals surface area contributed by atoms with Crippen LogP contribution in [0.15, 0.2) is 205 Å². The molecule has 0 aliphatic heterocycles. The van der Waals surface area contributed by atoms with Crippen molar-refractivity contribution in [3.63, 3.8) is 0 Å². The molecule has 12 rings (SSSR count). The van der Waals surface area contributed by atoms with Crippen molar-refractivity contribution in [2.75, 3.05) is 0 Å². The van der Waals surface area contributed by atoms with Crippen LogP contribution in [-0.2, 0) is 0 Å². The van der Waals surface area contributed by atoms with Crippen LogP contribution in [0.25, 0.3) is 111 Å². The molecule has 0 saturated heterocycles. The van der Waals surface area contributed by atoms with Crippen molar-refractivity contribution in [2.45, 2.75) is 0 Å². The van der Waals surface area contributed by atoms with Crippen LogP contribution in [0.4, 0.5) is 0 Å². The van der Waals surface area contributed by atoms with Gasteiger partial charge in [-0.25, -0.2) is 4.98 Å². The zero-order chi connectivity index (χ0) is 37.5. The van der Waals surface area contributed by atoms with Gasteiger partial charge in [-0.15, -0.1) is 0 Å². The third kappa shape index (κ3) is 4.84. The molecular weight excluding hydrogens is 695 g/mol. The van der Waals surface area contributed by atoms with Gasteiger partial charge in [-0.1, -0.05) is 152 Å². The fraction of sp³-hybridized carbons (Fsp3) is 0. The maximum Gasteiger partial charge on any atom is 0.159 e. The van der Waals surface area contributed by atoms with Crippen LogP contribution in [0.2, 0.25) is 0 Å². The maximum atomic E-state index is 6.71. The number of nitrogens with zero attached hydrogens (tertiary/aromatic N) is 3. The maximum absolute atomic E-state index is 6.71. The zero-order valence-corrected chi connectivity index (χ0v) is 30.8. The van der Waals surface area contributed by atoms with E-state index in [1.165, 1.54) is 21.5 Å². The van der Waals surface area contributed by atoms with Gasteiger partial charge in [0, 0.05) is 49.1 Å². The molecule has 8 aromatic carbocycles. The van der Waals surface area contributed by atoms with Crippen molar-refractivity contribution in [1.29, 1.82) is 0 Å². The highest BCUT2D eigenvalue weighted by molar-refractivity contribution is 6.24. The van der Waals surface area contributed by atoms with Crippen LogP contribution in [0.1, 0.15) is 0 Å². The molecule has 0 aliphatic carbocycles. The van der Waals surface area contributed by atoms with Crippen molar-refractivity contribution in [3.8, 4) is 45.0 Å².